The van der Waals surface area contributed by atoms with Gasteiger partial charge in [0, 0.05) is 15.7 Å². The minimum Gasteiger partial charge on any atom is -0.497 e. The maximum Gasteiger partial charge on any atom is 0.252 e. The summed E-state index contributed by atoms with van der Waals surface area (Å²) in [6.07, 6.45) is 1.97. The van der Waals surface area contributed by atoms with E-state index in [0.29, 0.717) is 11.6 Å². The van der Waals surface area contributed by atoms with E-state index >= 15 is 0 Å². The molecule has 1 aliphatic heterocycles. The van der Waals surface area contributed by atoms with E-state index in [4.69, 9.17) is 4.74 Å². The van der Waals surface area contributed by atoms with E-state index in [9.17, 15) is 4.79 Å². The van der Waals surface area contributed by atoms with Crippen LogP contribution in [0.25, 0.3) is 0 Å². The van der Waals surface area contributed by atoms with E-state index in [1.165, 1.54) is 0 Å². The zero-order valence-corrected chi connectivity index (χ0v) is 13.4. The number of rotatable bonds is 3. The number of hydrogen-bond donors (Lipinski definition) is 2. The van der Waals surface area contributed by atoms with Crippen LogP contribution in [0.5, 0.6) is 5.75 Å². The van der Waals surface area contributed by atoms with Gasteiger partial charge in [0.2, 0.25) is 0 Å². The molecule has 2 N–H and O–H groups in total. The van der Waals surface area contributed by atoms with Crippen molar-refractivity contribution in [2.75, 3.05) is 13.7 Å². The van der Waals surface area contributed by atoms with Gasteiger partial charge in [-0.05, 0) is 67.1 Å². The number of piperidine rings is 1. The van der Waals surface area contributed by atoms with Gasteiger partial charge in [0.15, 0.2) is 0 Å². The van der Waals surface area contributed by atoms with E-state index in [1.54, 1.807) is 7.11 Å². The molecule has 1 amide bonds. The number of nitrogens with one attached hydrogen (secondary N) is 2. The van der Waals surface area contributed by atoms with E-state index in [2.05, 4.69) is 40.1 Å². The minimum atomic E-state index is 0.00570. The van der Waals surface area contributed by atoms with Gasteiger partial charge in [0.1, 0.15) is 5.75 Å². The summed E-state index contributed by atoms with van der Waals surface area (Å²) in [4.78, 5) is 12.3. The summed E-state index contributed by atoms with van der Waals surface area (Å²) in [6, 6.07) is 6.25. The average molecular weight is 374 g/mol. The monoisotopic (exact) mass is 374 g/mol. The predicted octanol–water partition coefficient (Wildman–Crippen LogP) is 2.17. The molecule has 1 heterocycles. The molecular weight excluding hydrogens is 355 g/mol. The Morgan fingerprint density at radius 2 is 2.32 bits per heavy atom. The summed E-state index contributed by atoms with van der Waals surface area (Å²) in [5.74, 6) is 0.780. The van der Waals surface area contributed by atoms with Crippen molar-refractivity contribution in [3.63, 3.8) is 0 Å². The van der Waals surface area contributed by atoms with Crippen molar-refractivity contribution < 1.29 is 9.53 Å². The smallest absolute Gasteiger partial charge is 0.252 e. The molecule has 1 aromatic rings. The Hall–Kier alpha value is -0.820. The summed E-state index contributed by atoms with van der Waals surface area (Å²) in [6.45, 7) is 3.11. The standard InChI is InChI=1S/C14H19IN2O2/c1-9-7-10(5-6-16-9)17-14(18)12-4-3-11(19-2)8-13(12)15/h3-4,8-10,16H,5-7H2,1-2H3,(H,17,18). The second-order valence-corrected chi connectivity index (χ2v) is 6.06. The summed E-state index contributed by atoms with van der Waals surface area (Å²) in [5.41, 5.74) is 0.715. The van der Waals surface area contributed by atoms with Crippen LogP contribution >= 0.6 is 22.6 Å². The molecule has 1 saturated heterocycles. The molecule has 5 heteroatoms. The van der Waals surface area contributed by atoms with Gasteiger partial charge in [-0.1, -0.05) is 0 Å². The van der Waals surface area contributed by atoms with Gasteiger partial charge in [0.05, 0.1) is 12.7 Å². The van der Waals surface area contributed by atoms with Gasteiger partial charge < -0.3 is 15.4 Å². The van der Waals surface area contributed by atoms with Crippen LogP contribution in [0.4, 0.5) is 0 Å². The van der Waals surface area contributed by atoms with E-state index < -0.39 is 0 Å². The Bertz CT molecular complexity index is 465. The van der Waals surface area contributed by atoms with E-state index in [0.717, 1.165) is 28.7 Å². The quantitative estimate of drug-likeness (QED) is 0.798. The highest BCUT2D eigenvalue weighted by Gasteiger charge is 2.21. The molecule has 19 heavy (non-hydrogen) atoms. The maximum absolute atomic E-state index is 12.3. The molecule has 0 bridgehead atoms. The Morgan fingerprint density at radius 1 is 1.53 bits per heavy atom. The first-order valence-electron chi connectivity index (χ1n) is 6.48. The van der Waals surface area contributed by atoms with E-state index in [1.807, 2.05) is 18.2 Å². The lowest BCUT2D eigenvalue weighted by atomic mass is 10.0. The van der Waals surface area contributed by atoms with Crippen molar-refractivity contribution in [1.82, 2.24) is 10.6 Å². The molecule has 2 rings (SSSR count). The van der Waals surface area contributed by atoms with Crippen LogP contribution in [0, 0.1) is 3.57 Å². The molecule has 0 spiro atoms. The lowest BCUT2D eigenvalue weighted by Crippen LogP contribution is -2.46. The number of carbonyl (C=O) groups is 1. The van der Waals surface area contributed by atoms with E-state index in [-0.39, 0.29) is 11.9 Å². The second-order valence-electron chi connectivity index (χ2n) is 4.90. The summed E-state index contributed by atoms with van der Waals surface area (Å²) in [5, 5.41) is 6.50. The minimum absolute atomic E-state index is 0.00570. The van der Waals surface area contributed by atoms with Gasteiger partial charge >= 0.3 is 0 Å². The Balaban J connectivity index is 2.03. The SMILES string of the molecule is COc1ccc(C(=O)NC2CCNC(C)C2)c(I)c1. The molecule has 2 unspecified atom stereocenters. The molecule has 0 aliphatic carbocycles. The first kappa shape index (κ1) is 14.6. The number of amides is 1. The molecular formula is C14H19IN2O2. The first-order chi connectivity index (χ1) is 9.10. The highest BCUT2D eigenvalue weighted by molar-refractivity contribution is 14.1. The summed E-state index contributed by atoms with van der Waals surface area (Å²) < 4.78 is 6.06. The molecule has 1 aromatic carbocycles. The lowest BCUT2D eigenvalue weighted by Gasteiger charge is -2.28. The first-order valence-corrected chi connectivity index (χ1v) is 7.56. The second kappa shape index (κ2) is 6.56. The van der Waals surface area contributed by atoms with Crippen molar-refractivity contribution in [3.05, 3.63) is 27.3 Å². The number of methoxy groups -OCH3 is 1. The van der Waals surface area contributed by atoms with Crippen molar-refractivity contribution in [2.45, 2.75) is 31.8 Å². The Labute approximate surface area is 127 Å². The highest BCUT2D eigenvalue weighted by atomic mass is 127. The van der Waals surface area contributed by atoms with Gasteiger partial charge in [-0.3, -0.25) is 4.79 Å². The van der Waals surface area contributed by atoms with Gasteiger partial charge in [0.25, 0.3) is 5.91 Å². The van der Waals surface area contributed by atoms with Crippen LogP contribution in [0.15, 0.2) is 18.2 Å². The topological polar surface area (TPSA) is 50.4 Å². The van der Waals surface area contributed by atoms with Gasteiger partial charge in [-0.15, -0.1) is 0 Å². The molecule has 4 nitrogen and oxygen atoms in total. The van der Waals surface area contributed by atoms with Crippen LogP contribution in [0.1, 0.15) is 30.1 Å². The largest absolute Gasteiger partial charge is 0.497 e. The van der Waals surface area contributed by atoms with Crippen molar-refractivity contribution >= 4 is 28.5 Å². The molecule has 0 aromatic heterocycles. The fourth-order valence-corrected chi connectivity index (χ4v) is 3.06. The zero-order chi connectivity index (χ0) is 13.8. The average Bonchev–Trinajstić information content (AvgIpc) is 2.38. The molecule has 2 atom stereocenters. The Kier molecular flexibility index (Phi) is 5.04. The van der Waals surface area contributed by atoms with Gasteiger partial charge in [-0.2, -0.15) is 0 Å². The number of carbonyl (C=O) groups excluding carboxylic acids is 1. The van der Waals surface area contributed by atoms with Gasteiger partial charge in [-0.25, -0.2) is 0 Å². The number of ether oxygens (including phenoxy) is 1. The molecule has 1 fully saturated rings. The van der Waals surface area contributed by atoms with Crippen LogP contribution in [0.2, 0.25) is 0 Å². The Morgan fingerprint density at radius 3 is 2.95 bits per heavy atom. The van der Waals surface area contributed by atoms with Crippen LogP contribution in [-0.2, 0) is 0 Å². The third-order valence-corrected chi connectivity index (χ3v) is 4.27. The molecule has 104 valence electrons. The number of benzene rings is 1. The zero-order valence-electron chi connectivity index (χ0n) is 11.2. The molecule has 1 aliphatic rings. The number of halogens is 1. The van der Waals surface area contributed by atoms with Crippen molar-refractivity contribution in [3.8, 4) is 5.75 Å². The summed E-state index contributed by atoms with van der Waals surface area (Å²) >= 11 is 2.17. The lowest BCUT2D eigenvalue weighted by molar-refractivity contribution is 0.0924. The van der Waals surface area contributed by atoms with Crippen LogP contribution < -0.4 is 15.4 Å². The normalized spacial score (nSPS) is 22.9. The summed E-state index contributed by atoms with van der Waals surface area (Å²) in [7, 11) is 1.63. The molecule has 0 radical (unpaired) electrons. The van der Waals surface area contributed by atoms with Crippen LogP contribution in [-0.4, -0.2) is 31.6 Å². The van der Waals surface area contributed by atoms with Crippen LogP contribution in [0.3, 0.4) is 0 Å². The fraction of sp³-hybridized carbons (Fsp3) is 0.500. The third-order valence-electron chi connectivity index (χ3n) is 3.38. The molecule has 0 saturated carbocycles. The van der Waals surface area contributed by atoms with Crippen molar-refractivity contribution in [1.29, 1.82) is 0 Å². The van der Waals surface area contributed by atoms with Crippen molar-refractivity contribution in [2.24, 2.45) is 0 Å². The highest BCUT2D eigenvalue weighted by Crippen LogP contribution is 2.20. The third kappa shape index (κ3) is 3.82. The maximum atomic E-state index is 12.3. The number of hydrogen-bond acceptors (Lipinski definition) is 3. The fourth-order valence-electron chi connectivity index (χ4n) is 2.33. The predicted molar refractivity (Wildman–Crippen MR) is 83.7 cm³/mol.